The summed E-state index contributed by atoms with van der Waals surface area (Å²) in [5.41, 5.74) is 9.37. The predicted octanol–water partition coefficient (Wildman–Crippen LogP) is 5.82. The second kappa shape index (κ2) is 35.0. The molecule has 3 aliphatic rings. The van der Waals surface area contributed by atoms with Gasteiger partial charge >= 0.3 is 67.9 Å². The van der Waals surface area contributed by atoms with Crippen molar-refractivity contribution in [3.63, 3.8) is 0 Å². The third-order valence-electron chi connectivity index (χ3n) is 11.7. The first-order chi connectivity index (χ1) is 29.9. The monoisotopic (exact) mass is 1010 g/mol. The van der Waals surface area contributed by atoms with Crippen molar-refractivity contribution in [2.75, 3.05) is 119 Å². The molecule has 0 unspecified atom stereocenters. The van der Waals surface area contributed by atoms with Crippen molar-refractivity contribution < 1.29 is 106 Å². The van der Waals surface area contributed by atoms with E-state index in [2.05, 4.69) is 139 Å². The first-order valence-electron chi connectivity index (χ1n) is 24.3. The van der Waals surface area contributed by atoms with Crippen LogP contribution in [0.5, 0.6) is 0 Å². The van der Waals surface area contributed by atoms with E-state index in [1.807, 2.05) is 0 Å². The largest absolute Gasteiger partial charge is 2.00 e. The maximum atomic E-state index is 5.73. The summed E-state index contributed by atoms with van der Waals surface area (Å²) in [4.78, 5) is 8.34. The van der Waals surface area contributed by atoms with Gasteiger partial charge in [0.15, 0.2) is 0 Å². The standard InChI is InChI=1S/C35H53N2.C18H36N2O6.K.Ni.S/c1-22(2)26-17-15-18-27(23(3)4)32(26)36-30(34(9,10)11)21-31(35(12,13)14)37-33-28(24(5)6)19-16-20-29(33)25(7)8;1-7-21-13-14-24-10-4-20-5-11-25-17-15-22-8-2-19(1)3-9-23-16-18-26-12-6-20;;;/h15-25H,1-14H3;1-18H2;;;/q-1;;+1;+2;-2/p+2/b30-21-,37-31?;;;;. The number of hydrogen-bond acceptors (Lipinski definition) is 7. The summed E-state index contributed by atoms with van der Waals surface area (Å²) in [5.74, 6) is 1.61. The van der Waals surface area contributed by atoms with E-state index in [0.29, 0.717) is 63.3 Å². The van der Waals surface area contributed by atoms with Gasteiger partial charge in [0.1, 0.15) is 39.3 Å². The number of para-hydroxylation sites is 2. The maximum absolute atomic E-state index is 5.73. The molecular formula is C53H91KN4NiO6S+2. The summed E-state index contributed by atoms with van der Waals surface area (Å²) in [6, 6.07) is 13.3. The molecule has 0 atom stereocenters. The Labute approximate surface area is 463 Å². The van der Waals surface area contributed by atoms with Gasteiger partial charge in [-0.1, -0.05) is 151 Å². The molecule has 0 aliphatic carbocycles. The number of nitrogens with zero attached hydrogens (tertiary/aromatic N) is 2. The van der Waals surface area contributed by atoms with Crippen LogP contribution >= 0.6 is 0 Å². The fourth-order valence-electron chi connectivity index (χ4n) is 7.50. The Kier molecular flexibility index (Phi) is 34.9. The third kappa shape index (κ3) is 24.8. The van der Waals surface area contributed by atoms with Gasteiger partial charge in [-0.05, 0) is 40.2 Å². The Morgan fingerprint density at radius 3 is 1.05 bits per heavy atom. The number of nitrogens with one attached hydrogen (secondary N) is 2. The van der Waals surface area contributed by atoms with E-state index in [-0.39, 0.29) is 92.2 Å². The summed E-state index contributed by atoms with van der Waals surface area (Å²) >= 11 is 0. The van der Waals surface area contributed by atoms with E-state index in [0.717, 1.165) is 102 Å². The molecule has 0 saturated carbocycles. The fraction of sp³-hybridized carbons (Fsp3) is 0.717. The van der Waals surface area contributed by atoms with Gasteiger partial charge < -0.3 is 57.0 Å². The molecule has 10 nitrogen and oxygen atoms in total. The Morgan fingerprint density at radius 1 is 0.500 bits per heavy atom. The van der Waals surface area contributed by atoms with E-state index in [9.17, 15) is 0 Å². The molecule has 2 aromatic rings. The number of aliphatic imine (C=N–C) groups is 1. The van der Waals surface area contributed by atoms with E-state index in [4.69, 9.17) is 38.7 Å². The van der Waals surface area contributed by atoms with Crippen LogP contribution in [0, 0.1) is 10.8 Å². The van der Waals surface area contributed by atoms with E-state index >= 15 is 0 Å². The SMILES string of the molecule is C1COCC[NH+]2CCOCCOCC[NH+](CCO1)CCOCCOCC2.CC(C)c1cccc(C(C)C)c1N=C(/C=C(\[N-]c1c(C(C)C)cccc1C(C)C)C(C)(C)C)C(C)(C)C.[K+].[Ni+2].[S-2]. The molecule has 0 radical (unpaired) electrons. The van der Waals surface area contributed by atoms with Crippen molar-refractivity contribution in [3.05, 3.63) is 75.7 Å². The molecule has 13 heteroatoms. The molecular weight excluding hydrogens is 918 g/mol. The summed E-state index contributed by atoms with van der Waals surface area (Å²) in [6.45, 7) is 45.8. The summed E-state index contributed by atoms with van der Waals surface area (Å²) < 4.78 is 34.4. The maximum Gasteiger partial charge on any atom is 2.00 e. The van der Waals surface area contributed by atoms with Crippen LogP contribution in [0.4, 0.5) is 11.4 Å². The van der Waals surface area contributed by atoms with Crippen LogP contribution in [0.1, 0.15) is 143 Å². The fourth-order valence-corrected chi connectivity index (χ4v) is 7.50. The van der Waals surface area contributed by atoms with Gasteiger partial charge in [-0.25, -0.2) is 0 Å². The predicted molar refractivity (Wildman–Crippen MR) is 270 cm³/mol. The minimum Gasteiger partial charge on any atom is -2.00 e. The molecule has 5 rings (SSSR count). The Bertz CT molecular complexity index is 1530. The zero-order chi connectivity index (χ0) is 46.4. The zero-order valence-electron chi connectivity index (χ0n) is 44.1. The number of hydrogen-bond donors (Lipinski definition) is 2. The second-order valence-corrected chi connectivity index (χ2v) is 20.5. The van der Waals surface area contributed by atoms with E-state index in [1.165, 1.54) is 32.1 Å². The minimum atomic E-state index is -0.136. The van der Waals surface area contributed by atoms with Crippen molar-refractivity contribution in [2.45, 2.75) is 121 Å². The molecule has 2 aromatic carbocycles. The first-order valence-corrected chi connectivity index (χ1v) is 24.3. The molecule has 374 valence electrons. The van der Waals surface area contributed by atoms with Gasteiger partial charge in [-0.2, -0.15) is 5.70 Å². The van der Waals surface area contributed by atoms with Crippen LogP contribution < -0.4 is 61.2 Å². The molecule has 2 N–H and O–H groups in total. The quantitative estimate of drug-likeness (QED) is 0.257. The van der Waals surface area contributed by atoms with Crippen molar-refractivity contribution >= 4 is 30.6 Å². The van der Waals surface area contributed by atoms with Gasteiger partial charge in [-0.15, -0.1) is 5.69 Å². The number of ether oxygens (including phenoxy) is 6. The molecule has 3 fully saturated rings. The van der Waals surface area contributed by atoms with Gasteiger partial charge in [0.25, 0.3) is 0 Å². The first kappa shape index (κ1) is 65.8. The summed E-state index contributed by atoms with van der Waals surface area (Å²) in [5, 5.41) is 5.46. The number of benzene rings is 2. The van der Waals surface area contributed by atoms with Gasteiger partial charge in [0.2, 0.25) is 0 Å². The normalized spacial score (nSPS) is 19.8. The van der Waals surface area contributed by atoms with Crippen molar-refractivity contribution in [1.82, 2.24) is 0 Å². The van der Waals surface area contributed by atoms with Gasteiger partial charge in [0.05, 0.1) is 85.0 Å². The Hall–Kier alpha value is -0.190. The second-order valence-electron chi connectivity index (χ2n) is 20.5. The van der Waals surface area contributed by atoms with Crippen molar-refractivity contribution in [1.29, 1.82) is 0 Å². The Morgan fingerprint density at radius 2 is 0.788 bits per heavy atom. The van der Waals surface area contributed by atoms with Crippen LogP contribution in [0.2, 0.25) is 0 Å². The molecule has 3 saturated heterocycles. The minimum absolute atomic E-state index is 0. The van der Waals surface area contributed by atoms with Crippen LogP contribution in [0.3, 0.4) is 0 Å². The number of allylic oxidation sites excluding steroid dienone is 2. The molecule has 0 spiro atoms. The van der Waals surface area contributed by atoms with Crippen LogP contribution in [-0.2, 0) is 58.4 Å². The van der Waals surface area contributed by atoms with Crippen molar-refractivity contribution in [3.8, 4) is 0 Å². The van der Waals surface area contributed by atoms with Gasteiger partial charge in [-0.3, -0.25) is 4.99 Å². The average Bonchev–Trinajstić information content (AvgIpc) is 3.20. The van der Waals surface area contributed by atoms with Crippen molar-refractivity contribution in [2.24, 2.45) is 15.8 Å². The third-order valence-corrected chi connectivity index (χ3v) is 11.7. The Balaban J connectivity index is 0.00000129. The average molecular weight is 1010 g/mol. The molecule has 66 heavy (non-hydrogen) atoms. The van der Waals surface area contributed by atoms with E-state index < -0.39 is 0 Å². The number of fused-ring (bicyclic) bond motifs is 21. The molecule has 3 heterocycles. The summed E-state index contributed by atoms with van der Waals surface area (Å²) in [6.07, 6.45) is 2.28. The van der Waals surface area contributed by atoms with Crippen LogP contribution in [0.15, 0.2) is 53.2 Å². The molecule has 0 amide bonds. The van der Waals surface area contributed by atoms with Crippen LogP contribution in [-0.4, -0.2) is 124 Å². The molecule has 2 bridgehead atoms. The van der Waals surface area contributed by atoms with E-state index in [1.54, 1.807) is 0 Å². The molecule has 0 aromatic heterocycles. The number of quaternary nitrogens is 2. The zero-order valence-corrected chi connectivity index (χ0v) is 49.1. The molecule has 3 aliphatic heterocycles. The van der Waals surface area contributed by atoms with Crippen LogP contribution in [0.25, 0.3) is 5.32 Å². The number of rotatable bonds is 8. The van der Waals surface area contributed by atoms with Gasteiger partial charge in [0, 0.05) is 11.1 Å². The smallest absolute Gasteiger partial charge is 2.00 e. The summed E-state index contributed by atoms with van der Waals surface area (Å²) in [7, 11) is 0. The topological polar surface area (TPSA) is 90.7 Å².